The Morgan fingerprint density at radius 1 is 0.977 bits per heavy atom. The fraction of sp³-hybridized carbons (Fsp3) is 0.657. The molecule has 0 aromatic heterocycles. The van der Waals surface area contributed by atoms with E-state index in [4.69, 9.17) is 0 Å². The number of Topliss-reactive ketones (excluding diaryl/α,β-unsaturated/α-hetero) is 6. The van der Waals surface area contributed by atoms with Crippen molar-refractivity contribution in [2.45, 2.75) is 98.0 Å². The van der Waals surface area contributed by atoms with Crippen LogP contribution in [0.1, 0.15) is 108 Å². The molecule has 0 radical (unpaired) electrons. The lowest BCUT2D eigenvalue weighted by Gasteiger charge is -2.67. The Bertz CT molecular complexity index is 1420. The van der Waals surface area contributed by atoms with Crippen molar-refractivity contribution in [2.75, 3.05) is 0 Å². The predicted molar refractivity (Wildman–Crippen MR) is 157 cm³/mol. The van der Waals surface area contributed by atoms with Gasteiger partial charge in [-0.25, -0.2) is 0 Å². The Morgan fingerprint density at radius 3 is 2.14 bits per heavy atom. The minimum Gasteiger partial charge on any atom is -0.507 e. The zero-order valence-electron chi connectivity index (χ0n) is 26.1. The molecule has 0 heterocycles. The Labute approximate surface area is 253 Å². The van der Waals surface area contributed by atoms with Crippen LogP contribution in [0.15, 0.2) is 18.2 Å². The average Bonchev–Trinajstić information content (AvgIpc) is 3.22. The summed E-state index contributed by atoms with van der Waals surface area (Å²) in [5.74, 6) is -11.5. The van der Waals surface area contributed by atoms with Crippen molar-refractivity contribution >= 4 is 34.7 Å². The summed E-state index contributed by atoms with van der Waals surface area (Å²) in [6, 6.07) is 4.70. The first-order chi connectivity index (χ1) is 20.1. The van der Waals surface area contributed by atoms with E-state index in [1.807, 2.05) is 6.92 Å². The number of ketones is 6. The van der Waals surface area contributed by atoms with Gasteiger partial charge in [-0.3, -0.25) is 28.8 Å². The molecule has 4 aliphatic carbocycles. The molecule has 43 heavy (non-hydrogen) atoms. The highest BCUT2D eigenvalue weighted by Crippen LogP contribution is 2.70. The summed E-state index contributed by atoms with van der Waals surface area (Å²) in [6.45, 7) is 9.78. The highest BCUT2D eigenvalue weighted by Gasteiger charge is 2.80. The van der Waals surface area contributed by atoms with Gasteiger partial charge in [0.15, 0.2) is 28.7 Å². The van der Waals surface area contributed by atoms with E-state index in [2.05, 4.69) is 0 Å². The summed E-state index contributed by atoms with van der Waals surface area (Å²) < 4.78 is 0. The molecule has 0 aliphatic heterocycles. The van der Waals surface area contributed by atoms with Gasteiger partial charge in [0, 0.05) is 23.7 Å². The molecule has 1 aromatic carbocycles. The van der Waals surface area contributed by atoms with Crippen molar-refractivity contribution in [1.82, 2.24) is 0 Å². The minimum atomic E-state index is -2.86. The number of fused-ring (bicyclic) bond motifs is 3. The van der Waals surface area contributed by atoms with Crippen LogP contribution in [0.2, 0.25) is 0 Å². The van der Waals surface area contributed by atoms with E-state index in [0.717, 1.165) is 32.6 Å². The lowest BCUT2D eigenvalue weighted by atomic mass is 9.34. The highest BCUT2D eigenvalue weighted by molar-refractivity contribution is 6.32. The molecule has 3 fully saturated rings. The number of phenolic OH excluding ortho intramolecular Hbond substituents is 1. The molecular formula is C35H44O8. The molecule has 232 valence electrons. The Hall–Kier alpha value is -3.00. The molecule has 0 bridgehead atoms. The standard InChI is InChI=1S/C35H44O8/c1-17(2)27-29(39)25(19(4)36)31(41)35(43)32(42)28-30(40)26-21(14-11-15-22(26)37)18(3)33(28,5)24(34(27,35)6)16-23(38)20-12-9-7-8-10-13-20/h11,14-15,17-18,20,24-25,27-28,37,43H,7-10,12-13,16H2,1-6H3/t18-,24-,25?,27?,28?,33-,34-,35+/m1/s1. The number of hydrogen-bond acceptors (Lipinski definition) is 8. The van der Waals surface area contributed by atoms with Crippen LogP contribution < -0.4 is 0 Å². The number of carbonyl (C=O) groups excluding carboxylic acids is 6. The van der Waals surface area contributed by atoms with Gasteiger partial charge in [0.2, 0.25) is 0 Å². The first-order valence-corrected chi connectivity index (χ1v) is 15.8. The zero-order valence-corrected chi connectivity index (χ0v) is 26.1. The van der Waals surface area contributed by atoms with Crippen LogP contribution in [0.5, 0.6) is 5.75 Å². The first kappa shape index (κ1) is 31.4. The van der Waals surface area contributed by atoms with Crippen LogP contribution in [0, 0.1) is 46.3 Å². The molecule has 0 saturated heterocycles. The number of aliphatic hydroxyl groups is 1. The van der Waals surface area contributed by atoms with E-state index >= 15 is 0 Å². The average molecular weight is 593 g/mol. The van der Waals surface area contributed by atoms with Gasteiger partial charge in [0.1, 0.15) is 23.2 Å². The van der Waals surface area contributed by atoms with Crippen molar-refractivity contribution in [3.63, 3.8) is 0 Å². The summed E-state index contributed by atoms with van der Waals surface area (Å²) in [5, 5.41) is 23.4. The molecule has 0 spiro atoms. The van der Waals surface area contributed by atoms with E-state index in [1.54, 1.807) is 39.8 Å². The van der Waals surface area contributed by atoms with Crippen molar-refractivity contribution < 1.29 is 39.0 Å². The van der Waals surface area contributed by atoms with Crippen LogP contribution in [0.4, 0.5) is 0 Å². The predicted octanol–water partition coefficient (Wildman–Crippen LogP) is 4.81. The van der Waals surface area contributed by atoms with E-state index < -0.39 is 80.9 Å². The topological polar surface area (TPSA) is 143 Å². The second-order valence-electron chi connectivity index (χ2n) is 14.4. The molecular weight excluding hydrogens is 548 g/mol. The van der Waals surface area contributed by atoms with Gasteiger partial charge in [0.05, 0.1) is 11.5 Å². The zero-order chi connectivity index (χ0) is 31.8. The van der Waals surface area contributed by atoms with Crippen LogP contribution in [0.25, 0.3) is 0 Å². The van der Waals surface area contributed by atoms with Crippen molar-refractivity contribution in [1.29, 1.82) is 0 Å². The van der Waals surface area contributed by atoms with Crippen LogP contribution in [-0.2, 0) is 24.0 Å². The number of benzene rings is 1. The summed E-state index contributed by atoms with van der Waals surface area (Å²) >= 11 is 0. The number of phenols is 1. The monoisotopic (exact) mass is 592 g/mol. The van der Waals surface area contributed by atoms with Gasteiger partial charge < -0.3 is 10.2 Å². The molecule has 8 atom stereocenters. The third kappa shape index (κ3) is 4.04. The lowest BCUT2D eigenvalue weighted by molar-refractivity contribution is -0.226. The fourth-order valence-electron chi connectivity index (χ4n) is 9.92. The summed E-state index contributed by atoms with van der Waals surface area (Å²) in [5.41, 5.74) is -5.43. The first-order valence-electron chi connectivity index (χ1n) is 15.8. The summed E-state index contributed by atoms with van der Waals surface area (Å²) in [7, 11) is 0. The van der Waals surface area contributed by atoms with E-state index in [9.17, 15) is 39.0 Å². The van der Waals surface area contributed by atoms with Gasteiger partial charge in [-0.1, -0.05) is 72.4 Å². The third-order valence-corrected chi connectivity index (χ3v) is 12.1. The van der Waals surface area contributed by atoms with Crippen molar-refractivity contribution in [3.05, 3.63) is 29.3 Å². The van der Waals surface area contributed by atoms with E-state index in [1.165, 1.54) is 6.07 Å². The van der Waals surface area contributed by atoms with Gasteiger partial charge in [0.25, 0.3) is 0 Å². The molecule has 3 unspecified atom stereocenters. The van der Waals surface area contributed by atoms with Crippen LogP contribution >= 0.6 is 0 Å². The van der Waals surface area contributed by atoms with Gasteiger partial charge in [-0.2, -0.15) is 0 Å². The van der Waals surface area contributed by atoms with Gasteiger partial charge in [-0.05, 0) is 54.6 Å². The number of carbonyl (C=O) groups is 6. The molecule has 5 rings (SSSR count). The molecule has 3 saturated carbocycles. The quantitative estimate of drug-likeness (QED) is 0.366. The Kier molecular flexibility index (Phi) is 7.72. The highest BCUT2D eigenvalue weighted by atomic mass is 16.3. The van der Waals surface area contributed by atoms with E-state index in [-0.39, 0.29) is 29.4 Å². The van der Waals surface area contributed by atoms with E-state index in [0.29, 0.717) is 18.4 Å². The molecule has 0 amide bonds. The molecule has 4 aliphatic rings. The maximum Gasteiger partial charge on any atom is 0.190 e. The lowest BCUT2D eigenvalue weighted by Crippen LogP contribution is -2.80. The number of aromatic hydroxyl groups is 1. The largest absolute Gasteiger partial charge is 0.507 e. The maximum atomic E-state index is 14.8. The SMILES string of the molecule is CC(=O)C1C(=O)C(C(C)C)[C@@]2(C)[C@H](CC(=O)C3CCCCCC3)[C@]3(C)C(C(=O)c4c(O)cccc4[C@H]3C)C(=O)[C@@]2(O)C1=O. The Morgan fingerprint density at radius 2 is 1.58 bits per heavy atom. The number of rotatable bonds is 5. The van der Waals surface area contributed by atoms with Crippen LogP contribution in [0.3, 0.4) is 0 Å². The second-order valence-corrected chi connectivity index (χ2v) is 14.4. The summed E-state index contributed by atoms with van der Waals surface area (Å²) in [4.78, 5) is 84.4. The maximum absolute atomic E-state index is 14.8. The minimum absolute atomic E-state index is 0.0327. The van der Waals surface area contributed by atoms with Gasteiger partial charge in [-0.15, -0.1) is 0 Å². The molecule has 8 nitrogen and oxygen atoms in total. The Balaban J connectivity index is 1.82. The number of hydrogen-bond donors (Lipinski definition) is 2. The van der Waals surface area contributed by atoms with Crippen molar-refractivity contribution in [2.24, 2.45) is 46.3 Å². The molecule has 2 N–H and O–H groups in total. The normalized spacial score (nSPS) is 38.3. The third-order valence-electron chi connectivity index (χ3n) is 12.1. The summed E-state index contributed by atoms with van der Waals surface area (Å²) in [6.07, 6.45) is 5.21. The molecule has 1 aromatic rings. The van der Waals surface area contributed by atoms with Gasteiger partial charge >= 0.3 is 0 Å². The molecule has 8 heteroatoms. The van der Waals surface area contributed by atoms with Crippen molar-refractivity contribution in [3.8, 4) is 5.75 Å². The smallest absolute Gasteiger partial charge is 0.190 e. The second kappa shape index (κ2) is 10.6. The van der Waals surface area contributed by atoms with Crippen LogP contribution in [-0.4, -0.2) is 50.5 Å². The fourth-order valence-corrected chi connectivity index (χ4v) is 9.92.